The Balaban J connectivity index is 1.82. The molecule has 2 aromatic rings. The molecule has 1 aliphatic carbocycles. The maximum absolute atomic E-state index is 11.7. The number of methoxy groups -OCH3 is 1. The van der Waals surface area contributed by atoms with Gasteiger partial charge in [-0.25, -0.2) is 14.8 Å². The molecular formula is C18H21ClN4O2. The molecule has 6 nitrogen and oxygen atoms in total. The van der Waals surface area contributed by atoms with Gasteiger partial charge in [0.15, 0.2) is 0 Å². The Labute approximate surface area is 152 Å². The molecule has 0 spiro atoms. The highest BCUT2D eigenvalue weighted by atomic mass is 35.5. The summed E-state index contributed by atoms with van der Waals surface area (Å²) >= 11 is 6.24. The third-order valence-corrected chi connectivity index (χ3v) is 4.52. The smallest absolute Gasteiger partial charge is 0.337 e. The van der Waals surface area contributed by atoms with E-state index in [2.05, 4.69) is 20.6 Å². The molecule has 0 bridgehead atoms. The van der Waals surface area contributed by atoms with E-state index in [1.165, 1.54) is 32.8 Å². The molecule has 0 saturated heterocycles. The molecule has 0 aliphatic heterocycles. The van der Waals surface area contributed by atoms with Crippen molar-refractivity contribution in [3.05, 3.63) is 40.7 Å². The number of aryl methyl sites for hydroxylation is 1. The first kappa shape index (κ1) is 17.5. The number of hydrogen-bond donors (Lipinski definition) is 2. The van der Waals surface area contributed by atoms with Crippen LogP contribution in [0.15, 0.2) is 24.3 Å². The van der Waals surface area contributed by atoms with Gasteiger partial charge >= 0.3 is 5.97 Å². The van der Waals surface area contributed by atoms with Gasteiger partial charge in [-0.05, 0) is 38.0 Å². The molecule has 1 fully saturated rings. The van der Waals surface area contributed by atoms with Crippen LogP contribution in [0.25, 0.3) is 0 Å². The van der Waals surface area contributed by atoms with Gasteiger partial charge in [0.2, 0.25) is 0 Å². The van der Waals surface area contributed by atoms with Crippen LogP contribution < -0.4 is 10.6 Å². The number of hydrogen-bond acceptors (Lipinski definition) is 6. The van der Waals surface area contributed by atoms with Crippen LogP contribution in [0.2, 0.25) is 5.02 Å². The van der Waals surface area contributed by atoms with E-state index in [0.717, 1.165) is 5.82 Å². The monoisotopic (exact) mass is 360 g/mol. The highest BCUT2D eigenvalue weighted by Gasteiger charge is 2.16. The Morgan fingerprint density at radius 2 is 1.92 bits per heavy atom. The average Bonchev–Trinajstić information content (AvgIpc) is 3.08. The summed E-state index contributed by atoms with van der Waals surface area (Å²) in [7, 11) is 1.35. The topological polar surface area (TPSA) is 76.1 Å². The molecule has 25 heavy (non-hydrogen) atoms. The molecule has 2 N–H and O–H groups in total. The van der Waals surface area contributed by atoms with Crippen LogP contribution >= 0.6 is 11.6 Å². The van der Waals surface area contributed by atoms with Gasteiger partial charge in [-0.3, -0.25) is 0 Å². The van der Waals surface area contributed by atoms with Crippen molar-refractivity contribution in [3.8, 4) is 0 Å². The van der Waals surface area contributed by atoms with Crippen LogP contribution in [0.1, 0.15) is 41.9 Å². The van der Waals surface area contributed by atoms with Crippen LogP contribution in [0, 0.1) is 6.92 Å². The third-order valence-electron chi connectivity index (χ3n) is 4.20. The van der Waals surface area contributed by atoms with E-state index < -0.39 is 5.97 Å². The second-order valence-electron chi connectivity index (χ2n) is 6.12. The van der Waals surface area contributed by atoms with Crippen LogP contribution in [0.3, 0.4) is 0 Å². The van der Waals surface area contributed by atoms with E-state index in [-0.39, 0.29) is 0 Å². The van der Waals surface area contributed by atoms with Crippen LogP contribution in [-0.2, 0) is 4.74 Å². The predicted molar refractivity (Wildman–Crippen MR) is 98.7 cm³/mol. The fourth-order valence-corrected chi connectivity index (χ4v) is 3.15. The summed E-state index contributed by atoms with van der Waals surface area (Å²) in [6, 6.07) is 7.25. The van der Waals surface area contributed by atoms with Crippen molar-refractivity contribution in [1.29, 1.82) is 0 Å². The molecule has 1 aromatic carbocycles. The zero-order chi connectivity index (χ0) is 17.8. The lowest BCUT2D eigenvalue weighted by Gasteiger charge is -2.15. The van der Waals surface area contributed by atoms with E-state index in [4.69, 9.17) is 16.3 Å². The molecule has 7 heteroatoms. The van der Waals surface area contributed by atoms with Crippen molar-refractivity contribution < 1.29 is 9.53 Å². The highest BCUT2D eigenvalue weighted by Crippen LogP contribution is 2.28. The van der Waals surface area contributed by atoms with Gasteiger partial charge in [0.25, 0.3) is 0 Å². The van der Waals surface area contributed by atoms with Crippen LogP contribution in [0.5, 0.6) is 0 Å². The molecule has 0 unspecified atom stereocenters. The normalized spacial score (nSPS) is 14.4. The van der Waals surface area contributed by atoms with Crippen LogP contribution in [0.4, 0.5) is 17.3 Å². The molecule has 1 aliphatic rings. The molecule has 0 radical (unpaired) electrons. The molecule has 1 heterocycles. The second-order valence-corrected chi connectivity index (χ2v) is 6.53. The third kappa shape index (κ3) is 4.39. The Morgan fingerprint density at radius 3 is 2.64 bits per heavy atom. The molecule has 0 amide bonds. The largest absolute Gasteiger partial charge is 0.465 e. The number of nitrogens with zero attached hydrogens (tertiary/aromatic N) is 2. The first-order valence-corrected chi connectivity index (χ1v) is 8.70. The molecule has 1 aromatic heterocycles. The summed E-state index contributed by atoms with van der Waals surface area (Å²) in [6.07, 6.45) is 4.84. The van der Waals surface area contributed by atoms with Gasteiger partial charge in [0, 0.05) is 12.1 Å². The second kappa shape index (κ2) is 7.70. The minimum absolute atomic E-state index is 0.415. The summed E-state index contributed by atoms with van der Waals surface area (Å²) in [5.41, 5.74) is 1.01. The Morgan fingerprint density at radius 1 is 1.20 bits per heavy atom. The van der Waals surface area contributed by atoms with Gasteiger partial charge in [-0.15, -0.1) is 0 Å². The quantitative estimate of drug-likeness (QED) is 0.773. The highest BCUT2D eigenvalue weighted by molar-refractivity contribution is 6.33. The van der Waals surface area contributed by atoms with E-state index in [1.807, 2.05) is 13.0 Å². The fraction of sp³-hybridized carbons (Fsp3) is 0.389. The van der Waals surface area contributed by atoms with E-state index in [1.54, 1.807) is 18.2 Å². The van der Waals surface area contributed by atoms with E-state index in [0.29, 0.717) is 34.0 Å². The predicted octanol–water partition coefficient (Wildman–Crippen LogP) is 4.32. The van der Waals surface area contributed by atoms with Gasteiger partial charge in [-0.2, -0.15) is 0 Å². The summed E-state index contributed by atoms with van der Waals surface area (Å²) in [5.74, 6) is 1.66. The number of nitrogens with one attached hydrogen (secondary N) is 2. The Hall–Kier alpha value is -2.34. The summed E-state index contributed by atoms with van der Waals surface area (Å²) < 4.78 is 4.75. The maximum atomic E-state index is 11.7. The number of esters is 1. The molecule has 0 atom stereocenters. The van der Waals surface area contributed by atoms with Gasteiger partial charge in [0.05, 0.1) is 23.4 Å². The number of rotatable bonds is 5. The molecule has 132 valence electrons. The zero-order valence-electron chi connectivity index (χ0n) is 14.3. The number of carbonyl (C=O) groups is 1. The summed E-state index contributed by atoms with van der Waals surface area (Å²) in [6.45, 7) is 1.84. The summed E-state index contributed by atoms with van der Waals surface area (Å²) in [4.78, 5) is 20.6. The average molecular weight is 361 g/mol. The molecular weight excluding hydrogens is 340 g/mol. The van der Waals surface area contributed by atoms with Gasteiger partial charge in [0.1, 0.15) is 17.5 Å². The van der Waals surface area contributed by atoms with Crippen molar-refractivity contribution in [1.82, 2.24) is 9.97 Å². The minimum atomic E-state index is -0.415. The number of halogens is 1. The number of carbonyl (C=O) groups excluding carboxylic acids is 1. The van der Waals surface area contributed by atoms with Crippen molar-refractivity contribution in [2.24, 2.45) is 0 Å². The van der Waals surface area contributed by atoms with E-state index >= 15 is 0 Å². The van der Waals surface area contributed by atoms with Gasteiger partial charge in [-0.1, -0.05) is 24.4 Å². The summed E-state index contributed by atoms with van der Waals surface area (Å²) in [5, 5.41) is 7.12. The fourth-order valence-electron chi connectivity index (χ4n) is 2.99. The standard InChI is InChI=1S/C18H21ClN4O2/c1-11-20-16(22-13-5-3-4-6-13)10-17(21-11)23-15-9-12(18(24)25-2)7-8-14(15)19/h7-10,13H,3-6H2,1-2H3,(H2,20,21,22,23). The number of aromatic nitrogens is 2. The Bertz CT molecular complexity index is 776. The zero-order valence-corrected chi connectivity index (χ0v) is 15.1. The van der Waals surface area contributed by atoms with E-state index in [9.17, 15) is 4.79 Å². The minimum Gasteiger partial charge on any atom is -0.465 e. The first-order chi connectivity index (χ1) is 12.0. The van der Waals surface area contributed by atoms with Crippen molar-refractivity contribution in [2.75, 3.05) is 17.7 Å². The lowest BCUT2D eigenvalue weighted by Crippen LogP contribution is -2.16. The molecule has 1 saturated carbocycles. The number of anilines is 3. The number of benzene rings is 1. The molecule has 3 rings (SSSR count). The van der Waals surface area contributed by atoms with Crippen molar-refractivity contribution in [3.63, 3.8) is 0 Å². The lowest BCUT2D eigenvalue weighted by atomic mass is 10.2. The SMILES string of the molecule is COC(=O)c1ccc(Cl)c(Nc2cc(NC3CCCC3)nc(C)n2)c1. The van der Waals surface area contributed by atoms with Crippen molar-refractivity contribution in [2.45, 2.75) is 38.6 Å². The van der Waals surface area contributed by atoms with Gasteiger partial charge < -0.3 is 15.4 Å². The number of ether oxygens (including phenoxy) is 1. The maximum Gasteiger partial charge on any atom is 0.337 e. The Kier molecular flexibility index (Phi) is 5.38. The lowest BCUT2D eigenvalue weighted by molar-refractivity contribution is 0.0601. The first-order valence-electron chi connectivity index (χ1n) is 8.32. The van der Waals surface area contributed by atoms with Crippen LogP contribution in [-0.4, -0.2) is 29.1 Å². The van der Waals surface area contributed by atoms with Crippen molar-refractivity contribution >= 4 is 34.9 Å².